The van der Waals surface area contributed by atoms with Gasteiger partial charge in [-0.1, -0.05) is 12.1 Å². The van der Waals surface area contributed by atoms with E-state index < -0.39 is 0 Å². The third kappa shape index (κ3) is 5.08. The Morgan fingerprint density at radius 1 is 1.00 bits per heavy atom. The first-order valence-electron chi connectivity index (χ1n) is 9.43. The Morgan fingerprint density at radius 3 is 2.54 bits per heavy atom. The van der Waals surface area contributed by atoms with E-state index in [1.165, 1.54) is 23.5 Å². The number of benzene rings is 2. The molecule has 0 saturated carbocycles. The van der Waals surface area contributed by atoms with Crippen LogP contribution in [0.15, 0.2) is 42.5 Å². The summed E-state index contributed by atoms with van der Waals surface area (Å²) in [6.45, 7) is 1.21. The molecule has 4 rings (SSSR count). The lowest BCUT2D eigenvalue weighted by Gasteiger charge is -2.21. The van der Waals surface area contributed by atoms with E-state index in [1.807, 2.05) is 41.7 Å². The van der Waals surface area contributed by atoms with E-state index in [-0.39, 0.29) is 12.5 Å². The molecule has 0 aromatic heterocycles. The van der Waals surface area contributed by atoms with Crippen molar-refractivity contribution in [2.45, 2.75) is 17.4 Å². The standard InChI is InChI=1S/C21H23NO4S2/c23-20(22-16-5-8-18-19(13-16)25-10-1-9-24-18)14-26-17-6-3-15(4-7-17)21-27-11-2-12-28-21/h3-8,13,21H,1-2,9-12,14H2,(H,22,23). The minimum absolute atomic E-state index is 0.0410. The molecular formula is C21H23NO4S2. The first kappa shape index (κ1) is 19.3. The Hall–Kier alpha value is -1.99. The van der Waals surface area contributed by atoms with Crippen molar-refractivity contribution < 1.29 is 19.0 Å². The van der Waals surface area contributed by atoms with Gasteiger partial charge in [0.1, 0.15) is 5.75 Å². The van der Waals surface area contributed by atoms with Gasteiger partial charge in [0.25, 0.3) is 5.91 Å². The molecule has 148 valence electrons. The second kappa shape index (κ2) is 9.47. The molecule has 2 aromatic rings. The molecule has 2 aliphatic rings. The van der Waals surface area contributed by atoms with Gasteiger partial charge < -0.3 is 19.5 Å². The van der Waals surface area contributed by atoms with Crippen LogP contribution in [-0.2, 0) is 4.79 Å². The van der Waals surface area contributed by atoms with Crippen LogP contribution in [-0.4, -0.2) is 37.2 Å². The maximum atomic E-state index is 12.2. The number of hydrogen-bond donors (Lipinski definition) is 1. The molecule has 0 bridgehead atoms. The van der Waals surface area contributed by atoms with E-state index in [9.17, 15) is 4.79 Å². The van der Waals surface area contributed by atoms with Crippen LogP contribution < -0.4 is 19.5 Å². The monoisotopic (exact) mass is 417 g/mol. The lowest BCUT2D eigenvalue weighted by Crippen LogP contribution is -2.20. The van der Waals surface area contributed by atoms with Gasteiger partial charge in [-0.2, -0.15) is 0 Å². The van der Waals surface area contributed by atoms with E-state index in [0.717, 1.165) is 6.42 Å². The SMILES string of the molecule is O=C(COc1ccc(C2SCCCS2)cc1)Nc1ccc2c(c1)OCCCO2. The summed E-state index contributed by atoms with van der Waals surface area (Å²) in [6, 6.07) is 13.5. The average molecular weight is 418 g/mol. The summed E-state index contributed by atoms with van der Waals surface area (Å²) in [5, 5.41) is 2.84. The third-order valence-corrected chi connectivity index (χ3v) is 7.40. The molecule has 2 aliphatic heterocycles. The highest BCUT2D eigenvalue weighted by atomic mass is 32.2. The van der Waals surface area contributed by atoms with Crippen molar-refractivity contribution in [3.8, 4) is 17.2 Å². The number of anilines is 1. The largest absolute Gasteiger partial charge is 0.490 e. The number of carbonyl (C=O) groups is 1. The molecule has 7 heteroatoms. The number of rotatable bonds is 5. The highest BCUT2D eigenvalue weighted by Crippen LogP contribution is 2.43. The van der Waals surface area contributed by atoms with Crippen LogP contribution in [0.2, 0.25) is 0 Å². The zero-order chi connectivity index (χ0) is 19.2. The Kier molecular flexibility index (Phi) is 6.54. The molecular weight excluding hydrogens is 394 g/mol. The lowest BCUT2D eigenvalue weighted by atomic mass is 10.2. The van der Waals surface area contributed by atoms with E-state index in [0.29, 0.717) is 40.7 Å². The number of nitrogens with one attached hydrogen (secondary N) is 1. The predicted octanol–water partition coefficient (Wildman–Crippen LogP) is 4.73. The highest BCUT2D eigenvalue weighted by molar-refractivity contribution is 8.16. The van der Waals surface area contributed by atoms with E-state index in [1.54, 1.807) is 12.1 Å². The van der Waals surface area contributed by atoms with Crippen molar-refractivity contribution in [1.82, 2.24) is 0 Å². The molecule has 2 heterocycles. The molecule has 0 atom stereocenters. The van der Waals surface area contributed by atoms with Gasteiger partial charge in [0, 0.05) is 18.2 Å². The minimum atomic E-state index is -0.211. The number of hydrogen-bond acceptors (Lipinski definition) is 6. The second-order valence-corrected chi connectivity index (χ2v) is 9.27. The molecule has 0 radical (unpaired) electrons. The van der Waals surface area contributed by atoms with Crippen molar-refractivity contribution >= 4 is 35.1 Å². The summed E-state index contributed by atoms with van der Waals surface area (Å²) in [6.07, 6.45) is 2.13. The Balaban J connectivity index is 1.29. The summed E-state index contributed by atoms with van der Waals surface area (Å²) >= 11 is 3.98. The molecule has 28 heavy (non-hydrogen) atoms. The van der Waals surface area contributed by atoms with Gasteiger partial charge in [0.15, 0.2) is 18.1 Å². The maximum absolute atomic E-state index is 12.2. The maximum Gasteiger partial charge on any atom is 0.262 e. The molecule has 1 fully saturated rings. The van der Waals surface area contributed by atoms with Crippen LogP contribution in [0.4, 0.5) is 5.69 Å². The van der Waals surface area contributed by atoms with Crippen LogP contribution >= 0.6 is 23.5 Å². The van der Waals surface area contributed by atoms with Crippen LogP contribution in [0, 0.1) is 0 Å². The van der Waals surface area contributed by atoms with Gasteiger partial charge in [-0.05, 0) is 47.8 Å². The predicted molar refractivity (Wildman–Crippen MR) is 115 cm³/mol. The number of carbonyl (C=O) groups excluding carboxylic acids is 1. The molecule has 0 aliphatic carbocycles. The van der Waals surface area contributed by atoms with Crippen molar-refractivity contribution in [2.75, 3.05) is 36.6 Å². The van der Waals surface area contributed by atoms with Gasteiger partial charge >= 0.3 is 0 Å². The van der Waals surface area contributed by atoms with Crippen molar-refractivity contribution in [2.24, 2.45) is 0 Å². The summed E-state index contributed by atoms with van der Waals surface area (Å²) in [4.78, 5) is 12.2. The average Bonchev–Trinajstić information content (AvgIpc) is 2.98. The Labute approximate surface area is 173 Å². The summed E-state index contributed by atoms with van der Waals surface area (Å²) in [5.41, 5.74) is 1.97. The van der Waals surface area contributed by atoms with Crippen LogP contribution in [0.25, 0.3) is 0 Å². The quantitative estimate of drug-likeness (QED) is 0.759. The molecule has 0 unspecified atom stereocenters. The normalized spacial score (nSPS) is 16.9. The van der Waals surface area contributed by atoms with Crippen LogP contribution in [0.5, 0.6) is 17.2 Å². The van der Waals surface area contributed by atoms with E-state index in [2.05, 4.69) is 17.4 Å². The second-order valence-electron chi connectivity index (χ2n) is 6.54. The smallest absolute Gasteiger partial charge is 0.262 e. The molecule has 2 aromatic carbocycles. The van der Waals surface area contributed by atoms with Gasteiger partial charge in [-0.15, -0.1) is 23.5 Å². The zero-order valence-corrected chi connectivity index (χ0v) is 17.2. The molecule has 1 saturated heterocycles. The number of fused-ring (bicyclic) bond motifs is 1. The number of ether oxygens (including phenoxy) is 3. The highest BCUT2D eigenvalue weighted by Gasteiger charge is 2.16. The van der Waals surface area contributed by atoms with E-state index >= 15 is 0 Å². The van der Waals surface area contributed by atoms with Crippen molar-refractivity contribution in [3.63, 3.8) is 0 Å². The Bertz CT molecular complexity index is 807. The van der Waals surface area contributed by atoms with Gasteiger partial charge in [0.2, 0.25) is 0 Å². The van der Waals surface area contributed by atoms with Gasteiger partial charge in [0.05, 0.1) is 17.8 Å². The van der Waals surface area contributed by atoms with Crippen molar-refractivity contribution in [3.05, 3.63) is 48.0 Å². The third-order valence-electron chi connectivity index (χ3n) is 4.38. The summed E-state index contributed by atoms with van der Waals surface area (Å²) in [7, 11) is 0. The fourth-order valence-corrected chi connectivity index (χ4v) is 5.88. The first-order valence-corrected chi connectivity index (χ1v) is 11.5. The van der Waals surface area contributed by atoms with Crippen LogP contribution in [0.3, 0.4) is 0 Å². The molecule has 5 nitrogen and oxygen atoms in total. The van der Waals surface area contributed by atoms with Crippen LogP contribution in [0.1, 0.15) is 23.0 Å². The zero-order valence-electron chi connectivity index (χ0n) is 15.5. The topological polar surface area (TPSA) is 56.8 Å². The van der Waals surface area contributed by atoms with Crippen molar-refractivity contribution in [1.29, 1.82) is 0 Å². The van der Waals surface area contributed by atoms with E-state index in [4.69, 9.17) is 14.2 Å². The molecule has 1 amide bonds. The van der Waals surface area contributed by atoms with Gasteiger partial charge in [-0.25, -0.2) is 0 Å². The Morgan fingerprint density at radius 2 is 1.75 bits per heavy atom. The fourth-order valence-electron chi connectivity index (χ4n) is 2.99. The fraction of sp³-hybridized carbons (Fsp3) is 0.381. The molecule has 1 N–H and O–H groups in total. The lowest BCUT2D eigenvalue weighted by molar-refractivity contribution is -0.118. The van der Waals surface area contributed by atoms with Gasteiger partial charge in [-0.3, -0.25) is 4.79 Å². The summed E-state index contributed by atoms with van der Waals surface area (Å²) < 4.78 is 17.4. The number of thioether (sulfide) groups is 2. The minimum Gasteiger partial charge on any atom is -0.490 e. The molecule has 0 spiro atoms. The summed E-state index contributed by atoms with van der Waals surface area (Å²) in [5.74, 6) is 4.29. The first-order chi connectivity index (χ1) is 13.8. The number of amides is 1.